The number of benzene rings is 1. The van der Waals surface area contributed by atoms with Crippen LogP contribution in [0.1, 0.15) is 23.9 Å². The molecule has 0 aliphatic carbocycles. The second kappa shape index (κ2) is 9.01. The summed E-state index contributed by atoms with van der Waals surface area (Å²) in [4.78, 5) is 13.5. The van der Waals surface area contributed by atoms with Gasteiger partial charge in [-0.25, -0.2) is 13.1 Å². The summed E-state index contributed by atoms with van der Waals surface area (Å²) in [5.74, 6) is 0.902. The fourth-order valence-electron chi connectivity index (χ4n) is 2.73. The lowest BCUT2D eigenvalue weighted by Crippen LogP contribution is -2.38. The first-order valence-electron chi connectivity index (χ1n) is 8.55. The molecule has 0 radical (unpaired) electrons. The van der Waals surface area contributed by atoms with E-state index < -0.39 is 10.0 Å². The fraction of sp³-hybridized carbons (Fsp3) is 0.444. The maximum Gasteiger partial charge on any atom is 0.246 e. The van der Waals surface area contributed by atoms with Crippen molar-refractivity contribution in [2.45, 2.75) is 32.1 Å². The first-order chi connectivity index (χ1) is 12.7. The molecule has 0 bridgehead atoms. The molecule has 1 heterocycles. The van der Waals surface area contributed by atoms with Gasteiger partial charge in [-0.1, -0.05) is 17.3 Å². The normalized spacial score (nSPS) is 11.4. The minimum atomic E-state index is -3.73. The molecule has 1 aromatic carbocycles. The van der Waals surface area contributed by atoms with E-state index in [4.69, 9.17) is 9.26 Å². The number of carbonyl (C=O) groups is 1. The van der Waals surface area contributed by atoms with Gasteiger partial charge in [-0.15, -0.1) is 0 Å². The third-order valence-corrected chi connectivity index (χ3v) is 5.89. The number of aromatic nitrogens is 1. The summed E-state index contributed by atoms with van der Waals surface area (Å²) < 4.78 is 37.3. The van der Waals surface area contributed by atoms with Crippen molar-refractivity contribution >= 4 is 15.9 Å². The van der Waals surface area contributed by atoms with Gasteiger partial charge >= 0.3 is 0 Å². The van der Waals surface area contributed by atoms with Crippen molar-refractivity contribution in [1.29, 1.82) is 0 Å². The van der Waals surface area contributed by atoms with Gasteiger partial charge < -0.3 is 14.2 Å². The number of hydrogen-bond donors (Lipinski definition) is 1. The van der Waals surface area contributed by atoms with Gasteiger partial charge in [-0.05, 0) is 38.0 Å². The lowest BCUT2D eigenvalue weighted by atomic mass is 10.1. The molecule has 0 aliphatic rings. The molecule has 27 heavy (non-hydrogen) atoms. The number of aryl methyl sites for hydroxylation is 2. The highest BCUT2D eigenvalue weighted by molar-refractivity contribution is 7.89. The van der Waals surface area contributed by atoms with Crippen LogP contribution in [0.5, 0.6) is 5.75 Å². The van der Waals surface area contributed by atoms with E-state index in [2.05, 4.69) is 9.88 Å². The molecule has 9 heteroatoms. The van der Waals surface area contributed by atoms with Crippen LogP contribution < -0.4 is 9.46 Å². The van der Waals surface area contributed by atoms with E-state index in [1.165, 1.54) is 6.92 Å². The van der Waals surface area contributed by atoms with Crippen molar-refractivity contribution in [2.24, 2.45) is 0 Å². The van der Waals surface area contributed by atoms with Gasteiger partial charge in [-0.2, -0.15) is 0 Å². The summed E-state index contributed by atoms with van der Waals surface area (Å²) in [5.41, 5.74) is 1.38. The Kier molecular flexibility index (Phi) is 6.98. The summed E-state index contributed by atoms with van der Waals surface area (Å²) in [6.45, 7) is 5.46. The van der Waals surface area contributed by atoms with E-state index in [0.717, 1.165) is 11.3 Å². The van der Waals surface area contributed by atoms with Crippen LogP contribution in [0.2, 0.25) is 0 Å². The van der Waals surface area contributed by atoms with E-state index in [0.29, 0.717) is 18.7 Å². The Labute approximate surface area is 159 Å². The molecule has 0 spiro atoms. The molecule has 0 aliphatic heterocycles. The quantitative estimate of drug-likeness (QED) is 0.693. The molecule has 148 valence electrons. The Morgan fingerprint density at radius 2 is 1.89 bits per heavy atom. The Morgan fingerprint density at radius 1 is 1.22 bits per heavy atom. The zero-order valence-corrected chi connectivity index (χ0v) is 16.8. The second-order valence-electron chi connectivity index (χ2n) is 6.16. The van der Waals surface area contributed by atoms with Crippen LogP contribution in [0.25, 0.3) is 0 Å². The molecule has 0 saturated carbocycles. The smallest absolute Gasteiger partial charge is 0.246 e. The summed E-state index contributed by atoms with van der Waals surface area (Å²) in [5, 5.41) is 3.66. The minimum Gasteiger partial charge on any atom is -0.497 e. The standard InChI is InChI=1S/C18H25N3O5S/c1-13-18(14(2)26-20-13)27(23,24)19-10-12-21(15(3)22)11-9-16-5-7-17(25-4)8-6-16/h5-8,19H,9-12H2,1-4H3. The first-order valence-corrected chi connectivity index (χ1v) is 10.0. The number of carbonyl (C=O) groups excluding carboxylic acids is 1. The number of ether oxygens (including phenoxy) is 1. The third-order valence-electron chi connectivity index (χ3n) is 4.19. The topological polar surface area (TPSA) is 102 Å². The number of rotatable bonds is 9. The predicted molar refractivity (Wildman–Crippen MR) is 100 cm³/mol. The van der Waals surface area contributed by atoms with Crippen molar-refractivity contribution in [3.63, 3.8) is 0 Å². The highest BCUT2D eigenvalue weighted by atomic mass is 32.2. The van der Waals surface area contributed by atoms with Crippen LogP contribution in [0.3, 0.4) is 0 Å². The molecule has 2 aromatic rings. The molecule has 0 unspecified atom stereocenters. The van der Waals surface area contributed by atoms with Gasteiger partial charge in [0.25, 0.3) is 0 Å². The number of methoxy groups -OCH3 is 1. The molecule has 1 aromatic heterocycles. The molecule has 1 amide bonds. The Hall–Kier alpha value is -2.39. The van der Waals surface area contributed by atoms with Crippen LogP contribution in [0, 0.1) is 13.8 Å². The molecule has 0 saturated heterocycles. The maximum atomic E-state index is 12.4. The lowest BCUT2D eigenvalue weighted by Gasteiger charge is -2.21. The van der Waals surface area contributed by atoms with Crippen molar-refractivity contribution in [3.8, 4) is 5.75 Å². The zero-order valence-electron chi connectivity index (χ0n) is 16.0. The Morgan fingerprint density at radius 3 is 2.41 bits per heavy atom. The number of sulfonamides is 1. The van der Waals surface area contributed by atoms with E-state index in [-0.39, 0.29) is 29.7 Å². The minimum absolute atomic E-state index is 0.0510. The summed E-state index contributed by atoms with van der Waals surface area (Å²) >= 11 is 0. The Bertz CT molecular complexity index is 855. The zero-order chi connectivity index (χ0) is 20.0. The van der Waals surface area contributed by atoms with Crippen LogP contribution in [-0.4, -0.2) is 51.1 Å². The molecule has 1 N–H and O–H groups in total. The summed E-state index contributed by atoms with van der Waals surface area (Å²) in [7, 11) is -2.13. The highest BCUT2D eigenvalue weighted by Crippen LogP contribution is 2.18. The van der Waals surface area contributed by atoms with E-state index >= 15 is 0 Å². The maximum absolute atomic E-state index is 12.4. The lowest BCUT2D eigenvalue weighted by molar-refractivity contribution is -0.128. The van der Waals surface area contributed by atoms with Gasteiger partial charge in [0.1, 0.15) is 16.3 Å². The molecule has 0 fully saturated rings. The first kappa shape index (κ1) is 20.9. The van der Waals surface area contributed by atoms with Gasteiger partial charge in [0.05, 0.1) is 7.11 Å². The number of nitrogens with one attached hydrogen (secondary N) is 1. The van der Waals surface area contributed by atoms with E-state index in [1.54, 1.807) is 25.9 Å². The van der Waals surface area contributed by atoms with E-state index in [9.17, 15) is 13.2 Å². The van der Waals surface area contributed by atoms with Gasteiger partial charge in [0, 0.05) is 26.6 Å². The van der Waals surface area contributed by atoms with Crippen LogP contribution in [0.4, 0.5) is 0 Å². The molecular formula is C18H25N3O5S. The SMILES string of the molecule is COc1ccc(CCN(CCNS(=O)(=O)c2c(C)noc2C)C(C)=O)cc1. The fourth-order valence-corrected chi connectivity index (χ4v) is 4.07. The third kappa shape index (κ3) is 5.54. The predicted octanol–water partition coefficient (Wildman–Crippen LogP) is 1.67. The average molecular weight is 395 g/mol. The van der Waals surface area contributed by atoms with Crippen LogP contribution in [-0.2, 0) is 21.2 Å². The van der Waals surface area contributed by atoms with Gasteiger partial charge in [0.15, 0.2) is 5.76 Å². The van der Waals surface area contributed by atoms with Crippen molar-refractivity contribution in [2.75, 3.05) is 26.7 Å². The van der Waals surface area contributed by atoms with Crippen molar-refractivity contribution in [1.82, 2.24) is 14.8 Å². The largest absolute Gasteiger partial charge is 0.497 e. The van der Waals surface area contributed by atoms with Crippen LogP contribution in [0.15, 0.2) is 33.7 Å². The monoisotopic (exact) mass is 395 g/mol. The molecular weight excluding hydrogens is 370 g/mol. The Balaban J connectivity index is 1.91. The van der Waals surface area contributed by atoms with Gasteiger partial charge in [-0.3, -0.25) is 4.79 Å². The molecule has 0 atom stereocenters. The van der Waals surface area contributed by atoms with Crippen molar-refractivity contribution in [3.05, 3.63) is 41.3 Å². The molecule has 2 rings (SSSR count). The van der Waals surface area contributed by atoms with E-state index in [1.807, 2.05) is 24.3 Å². The number of amides is 1. The highest BCUT2D eigenvalue weighted by Gasteiger charge is 2.24. The number of nitrogens with zero attached hydrogens (tertiary/aromatic N) is 2. The summed E-state index contributed by atoms with van der Waals surface area (Å²) in [6.07, 6.45) is 0.667. The average Bonchev–Trinajstić information content (AvgIpc) is 2.97. The van der Waals surface area contributed by atoms with Crippen LogP contribution >= 0.6 is 0 Å². The molecule has 8 nitrogen and oxygen atoms in total. The van der Waals surface area contributed by atoms with Gasteiger partial charge in [0.2, 0.25) is 15.9 Å². The second-order valence-corrected chi connectivity index (χ2v) is 7.86. The van der Waals surface area contributed by atoms with Crippen molar-refractivity contribution < 1.29 is 22.5 Å². The number of hydrogen-bond acceptors (Lipinski definition) is 6. The summed E-state index contributed by atoms with van der Waals surface area (Å²) in [6, 6.07) is 7.62.